The molecule has 1 fully saturated rings. The summed E-state index contributed by atoms with van der Waals surface area (Å²) in [5.74, 6) is -0.621. The number of nitrogens with one attached hydrogen (secondary N) is 1. The smallest absolute Gasteiger partial charge is 0.265 e. The van der Waals surface area contributed by atoms with Gasteiger partial charge in [0.2, 0.25) is 5.91 Å². The van der Waals surface area contributed by atoms with Gasteiger partial charge >= 0.3 is 0 Å². The molecule has 1 saturated heterocycles. The molecule has 3 aromatic carbocycles. The van der Waals surface area contributed by atoms with Crippen molar-refractivity contribution in [1.29, 1.82) is 5.26 Å². The molecule has 0 aromatic heterocycles. The lowest BCUT2D eigenvalue weighted by Gasteiger charge is -2.20. The summed E-state index contributed by atoms with van der Waals surface area (Å²) >= 11 is 1.29. The molecular weight excluding hydrogens is 466 g/mol. The second-order valence-electron chi connectivity index (χ2n) is 9.14. The van der Waals surface area contributed by atoms with E-state index in [0.29, 0.717) is 17.1 Å². The first kappa shape index (κ1) is 25.3. The predicted octanol–water partition coefficient (Wildman–Crippen LogP) is 5.92. The van der Waals surface area contributed by atoms with E-state index in [1.165, 1.54) is 11.8 Å². The second-order valence-corrected chi connectivity index (χ2v) is 10.3. The zero-order chi connectivity index (χ0) is 25.8. The normalized spacial score (nSPS) is 17.5. The molecule has 1 heterocycles. The number of hydrogen-bond donors (Lipinski definition) is 1. The number of hydrogen-bond acceptors (Lipinski definition) is 4. The van der Waals surface area contributed by atoms with E-state index in [-0.39, 0.29) is 17.5 Å². The molecule has 182 valence electrons. The summed E-state index contributed by atoms with van der Waals surface area (Å²) < 4.78 is 0. The van der Waals surface area contributed by atoms with Crippen molar-refractivity contribution in [3.63, 3.8) is 0 Å². The van der Waals surface area contributed by atoms with Crippen molar-refractivity contribution < 1.29 is 9.59 Å². The van der Waals surface area contributed by atoms with Gasteiger partial charge in [0.1, 0.15) is 16.7 Å². The molecule has 1 N–H and O–H groups in total. The Morgan fingerprint density at radius 2 is 1.72 bits per heavy atom. The molecule has 4 rings (SSSR count). The third-order valence-electron chi connectivity index (χ3n) is 6.44. The zero-order valence-electron chi connectivity index (χ0n) is 20.9. The van der Waals surface area contributed by atoms with E-state index in [2.05, 4.69) is 11.4 Å². The van der Waals surface area contributed by atoms with Gasteiger partial charge in [-0.15, -0.1) is 0 Å². The van der Waals surface area contributed by atoms with Crippen molar-refractivity contribution in [2.45, 2.75) is 45.4 Å². The van der Waals surface area contributed by atoms with Crippen LogP contribution in [0.3, 0.4) is 0 Å². The second kappa shape index (κ2) is 10.8. The summed E-state index contributed by atoms with van der Waals surface area (Å²) in [6.07, 6.45) is 0.509. The van der Waals surface area contributed by atoms with Crippen molar-refractivity contribution in [2.24, 2.45) is 0 Å². The van der Waals surface area contributed by atoms with E-state index in [4.69, 9.17) is 0 Å². The average molecular weight is 496 g/mol. The Bertz CT molecular complexity index is 1360. The molecule has 3 aromatic rings. The van der Waals surface area contributed by atoms with Gasteiger partial charge < -0.3 is 5.32 Å². The Morgan fingerprint density at radius 1 is 1.03 bits per heavy atom. The molecule has 0 aliphatic carbocycles. The summed E-state index contributed by atoms with van der Waals surface area (Å²) in [4.78, 5) is 28.6. The van der Waals surface area contributed by atoms with Crippen molar-refractivity contribution >= 4 is 29.3 Å². The van der Waals surface area contributed by atoms with E-state index in [1.54, 1.807) is 4.90 Å². The minimum Gasteiger partial charge on any atom is -0.345 e. The fourth-order valence-corrected chi connectivity index (χ4v) is 5.43. The van der Waals surface area contributed by atoms with Crippen LogP contribution in [-0.2, 0) is 16.0 Å². The van der Waals surface area contributed by atoms with Crippen molar-refractivity contribution in [2.75, 3.05) is 4.90 Å². The number of nitrogens with zero attached hydrogens (tertiary/aromatic N) is 2. The highest BCUT2D eigenvalue weighted by molar-refractivity contribution is 8.05. The van der Waals surface area contributed by atoms with Crippen molar-refractivity contribution in [3.05, 3.63) is 111 Å². The highest BCUT2D eigenvalue weighted by atomic mass is 32.2. The summed E-state index contributed by atoms with van der Waals surface area (Å²) in [6.45, 7) is 7.89. The summed E-state index contributed by atoms with van der Waals surface area (Å²) in [5.41, 5.74) is 5.87. The number of carbonyl (C=O) groups excluding carboxylic acids is 2. The van der Waals surface area contributed by atoms with Gasteiger partial charge in [-0.3, -0.25) is 14.5 Å². The monoisotopic (exact) mass is 495 g/mol. The Labute approximate surface area is 216 Å². The van der Waals surface area contributed by atoms with Gasteiger partial charge in [0.15, 0.2) is 0 Å². The molecule has 1 aliphatic heterocycles. The summed E-state index contributed by atoms with van der Waals surface area (Å²) in [7, 11) is 0. The number of nitriles is 1. The van der Waals surface area contributed by atoms with Crippen LogP contribution in [0.5, 0.6) is 0 Å². The van der Waals surface area contributed by atoms with Crippen LogP contribution in [0.25, 0.3) is 0 Å². The van der Waals surface area contributed by atoms with E-state index < -0.39 is 11.2 Å². The van der Waals surface area contributed by atoms with E-state index in [1.807, 2.05) is 100 Å². The quantitative estimate of drug-likeness (QED) is 0.341. The first-order valence-corrected chi connectivity index (χ1v) is 12.8. The number of benzene rings is 3. The largest absolute Gasteiger partial charge is 0.345 e. The van der Waals surface area contributed by atoms with Crippen LogP contribution in [0.15, 0.2) is 83.4 Å². The van der Waals surface area contributed by atoms with Gasteiger partial charge in [0.05, 0.1) is 11.3 Å². The van der Waals surface area contributed by atoms with Crippen LogP contribution < -0.4 is 10.2 Å². The molecule has 1 aliphatic rings. The van der Waals surface area contributed by atoms with Gasteiger partial charge in [-0.1, -0.05) is 78.0 Å². The number of aryl methyl sites for hydroxylation is 3. The third kappa shape index (κ3) is 5.37. The number of rotatable bonds is 6. The molecule has 0 bridgehead atoms. The molecule has 6 heteroatoms. The standard InChI is InChI=1S/C30H29N3O2S/c1-19-10-13-23(14-11-19)17-27-29(35)33(25-15-12-20(2)21(3)16-25)30(36-27)26(18-31)28(34)32-22(4)24-8-6-5-7-9-24/h5-16,22,27H,17H2,1-4H3,(H,32,34)/b30-26-. The van der Waals surface area contributed by atoms with Gasteiger partial charge in [-0.2, -0.15) is 5.26 Å². The third-order valence-corrected chi connectivity index (χ3v) is 7.71. The Morgan fingerprint density at radius 3 is 2.36 bits per heavy atom. The van der Waals surface area contributed by atoms with E-state index in [9.17, 15) is 14.9 Å². The molecule has 2 atom stereocenters. The molecular formula is C30H29N3O2S. The van der Waals surface area contributed by atoms with Gasteiger partial charge in [-0.25, -0.2) is 0 Å². The number of anilines is 1. The summed E-state index contributed by atoms with van der Waals surface area (Å²) in [6, 6.07) is 25.2. The summed E-state index contributed by atoms with van der Waals surface area (Å²) in [5, 5.41) is 12.9. The topological polar surface area (TPSA) is 73.2 Å². The maximum atomic E-state index is 13.7. The van der Waals surface area contributed by atoms with Crippen LogP contribution in [0.1, 0.15) is 40.8 Å². The highest BCUT2D eigenvalue weighted by Crippen LogP contribution is 2.42. The fourth-order valence-electron chi connectivity index (χ4n) is 4.12. The minimum atomic E-state index is -0.492. The predicted molar refractivity (Wildman–Crippen MR) is 145 cm³/mol. The fraction of sp³-hybridized carbons (Fsp3) is 0.233. The highest BCUT2D eigenvalue weighted by Gasteiger charge is 2.41. The van der Waals surface area contributed by atoms with E-state index >= 15 is 0 Å². The molecule has 36 heavy (non-hydrogen) atoms. The maximum Gasteiger partial charge on any atom is 0.265 e. The first-order chi connectivity index (χ1) is 17.3. The molecule has 2 amide bonds. The molecule has 0 spiro atoms. The molecule has 2 unspecified atom stereocenters. The lowest BCUT2D eigenvalue weighted by atomic mass is 10.1. The first-order valence-electron chi connectivity index (χ1n) is 11.9. The van der Waals surface area contributed by atoms with Gasteiger partial charge in [0.25, 0.3) is 5.91 Å². The zero-order valence-corrected chi connectivity index (χ0v) is 21.7. The number of carbonyl (C=O) groups is 2. The van der Waals surface area contributed by atoms with Crippen LogP contribution in [0, 0.1) is 32.1 Å². The molecule has 0 radical (unpaired) electrons. The Kier molecular flexibility index (Phi) is 7.61. The van der Waals surface area contributed by atoms with Crippen molar-refractivity contribution in [3.8, 4) is 6.07 Å². The van der Waals surface area contributed by atoms with Crippen LogP contribution in [0.2, 0.25) is 0 Å². The van der Waals surface area contributed by atoms with Crippen LogP contribution >= 0.6 is 11.8 Å². The number of amides is 2. The Hall–Kier alpha value is -3.82. The van der Waals surface area contributed by atoms with E-state index in [0.717, 1.165) is 27.8 Å². The van der Waals surface area contributed by atoms with Crippen molar-refractivity contribution in [1.82, 2.24) is 5.32 Å². The van der Waals surface area contributed by atoms with Crippen LogP contribution in [-0.4, -0.2) is 17.1 Å². The number of thioether (sulfide) groups is 1. The maximum absolute atomic E-state index is 13.7. The minimum absolute atomic E-state index is 0.0548. The Balaban J connectivity index is 1.71. The lowest BCUT2D eigenvalue weighted by Crippen LogP contribution is -2.33. The molecule has 0 saturated carbocycles. The van der Waals surface area contributed by atoms with Crippen LogP contribution in [0.4, 0.5) is 5.69 Å². The van der Waals surface area contributed by atoms with Gasteiger partial charge in [0, 0.05) is 5.69 Å². The average Bonchev–Trinajstić information content (AvgIpc) is 3.18. The van der Waals surface area contributed by atoms with Gasteiger partial charge in [-0.05, 0) is 68.5 Å². The lowest BCUT2D eigenvalue weighted by molar-refractivity contribution is -0.117. The molecule has 5 nitrogen and oxygen atoms in total. The SMILES string of the molecule is Cc1ccc(CC2S/C(=C(/C#N)C(=O)NC(C)c3ccccc3)N(c3ccc(C)c(C)c3)C2=O)cc1.